The van der Waals surface area contributed by atoms with Gasteiger partial charge in [-0.3, -0.25) is 14.9 Å². The molecule has 2 N–H and O–H groups in total. The molecule has 0 saturated heterocycles. The van der Waals surface area contributed by atoms with Crippen LogP contribution in [0, 0.1) is 23.0 Å². The number of anilines is 1. The van der Waals surface area contributed by atoms with E-state index in [0.29, 0.717) is 24.5 Å². The van der Waals surface area contributed by atoms with Crippen LogP contribution in [0.25, 0.3) is 0 Å². The van der Waals surface area contributed by atoms with Gasteiger partial charge in [0.2, 0.25) is 5.91 Å². The molecular formula is C12H16N4O3. The Bertz CT molecular complexity index is 500. The third kappa shape index (κ3) is 3.64. The van der Waals surface area contributed by atoms with Gasteiger partial charge in [0, 0.05) is 24.6 Å². The van der Waals surface area contributed by atoms with Crippen molar-refractivity contribution in [1.82, 2.24) is 10.3 Å². The van der Waals surface area contributed by atoms with Crippen LogP contribution in [0.2, 0.25) is 0 Å². The van der Waals surface area contributed by atoms with E-state index in [1.54, 1.807) is 13.0 Å². The summed E-state index contributed by atoms with van der Waals surface area (Å²) in [7, 11) is 0. The molecule has 0 aromatic carbocycles. The van der Waals surface area contributed by atoms with Crippen LogP contribution < -0.4 is 10.6 Å². The van der Waals surface area contributed by atoms with Gasteiger partial charge in [-0.15, -0.1) is 0 Å². The molecular weight excluding hydrogens is 248 g/mol. The Morgan fingerprint density at radius 1 is 1.53 bits per heavy atom. The molecule has 1 fully saturated rings. The molecule has 1 heterocycles. The van der Waals surface area contributed by atoms with Crippen LogP contribution in [0.1, 0.15) is 18.4 Å². The minimum Gasteiger partial charge on any atom is -0.368 e. The fraction of sp³-hybridized carbons (Fsp3) is 0.500. The molecule has 7 heteroatoms. The van der Waals surface area contributed by atoms with Crippen molar-refractivity contribution in [2.75, 3.05) is 18.4 Å². The number of nitrogens with zero attached hydrogens (tertiary/aromatic N) is 2. The van der Waals surface area contributed by atoms with Gasteiger partial charge in [-0.2, -0.15) is 0 Å². The normalized spacial score (nSPS) is 13.9. The molecule has 0 radical (unpaired) electrons. The summed E-state index contributed by atoms with van der Waals surface area (Å²) in [4.78, 5) is 25.5. The van der Waals surface area contributed by atoms with E-state index in [9.17, 15) is 14.9 Å². The van der Waals surface area contributed by atoms with Gasteiger partial charge in [-0.05, 0) is 25.8 Å². The summed E-state index contributed by atoms with van der Waals surface area (Å²) < 4.78 is 0. The minimum absolute atomic E-state index is 0.00702. The first-order valence-corrected chi connectivity index (χ1v) is 6.20. The van der Waals surface area contributed by atoms with Crippen molar-refractivity contribution in [3.05, 3.63) is 27.9 Å². The van der Waals surface area contributed by atoms with E-state index >= 15 is 0 Å². The van der Waals surface area contributed by atoms with E-state index in [0.717, 1.165) is 12.8 Å². The van der Waals surface area contributed by atoms with Gasteiger partial charge in [0.1, 0.15) is 12.0 Å². The van der Waals surface area contributed by atoms with Crippen molar-refractivity contribution in [1.29, 1.82) is 0 Å². The lowest BCUT2D eigenvalue weighted by Gasteiger charge is -2.07. The van der Waals surface area contributed by atoms with Gasteiger partial charge in [0.25, 0.3) is 5.69 Å². The molecule has 0 aliphatic heterocycles. The predicted molar refractivity (Wildman–Crippen MR) is 69.9 cm³/mol. The van der Waals surface area contributed by atoms with Crippen molar-refractivity contribution in [2.45, 2.75) is 19.8 Å². The lowest BCUT2D eigenvalue weighted by Crippen LogP contribution is -2.29. The van der Waals surface area contributed by atoms with E-state index in [1.165, 1.54) is 6.20 Å². The van der Waals surface area contributed by atoms with Crippen LogP contribution in [-0.4, -0.2) is 28.9 Å². The molecule has 0 unspecified atom stereocenters. The summed E-state index contributed by atoms with van der Waals surface area (Å²) in [5.74, 6) is 0.887. The van der Waals surface area contributed by atoms with Gasteiger partial charge in [-0.25, -0.2) is 4.98 Å². The molecule has 1 amide bonds. The number of nitrogens with one attached hydrogen (secondary N) is 2. The van der Waals surface area contributed by atoms with Crippen LogP contribution >= 0.6 is 0 Å². The molecule has 2 rings (SSSR count). The molecule has 0 atom stereocenters. The topological polar surface area (TPSA) is 97.2 Å². The number of pyridine rings is 1. The minimum atomic E-state index is -0.456. The number of hydrogen-bond donors (Lipinski definition) is 2. The quantitative estimate of drug-likeness (QED) is 0.457. The summed E-state index contributed by atoms with van der Waals surface area (Å²) in [5, 5.41) is 16.5. The Hall–Kier alpha value is -2.18. The number of carbonyl (C=O) groups is 1. The number of amides is 1. The Balaban J connectivity index is 1.77. The van der Waals surface area contributed by atoms with Crippen LogP contribution in [0.5, 0.6) is 0 Å². The first kappa shape index (κ1) is 13.3. The Labute approximate surface area is 110 Å². The zero-order chi connectivity index (χ0) is 13.8. The standard InChI is InChI=1S/C12H16N4O3/c1-8-6-11(15-7-10(8)16(18)19)13-4-5-14-12(17)9-2-3-9/h6-7,9H,2-5H2,1H3,(H,13,15)(H,14,17). The number of aromatic nitrogens is 1. The second kappa shape index (κ2) is 5.64. The Morgan fingerprint density at radius 2 is 2.26 bits per heavy atom. The molecule has 1 aliphatic carbocycles. The fourth-order valence-electron chi connectivity index (χ4n) is 1.70. The molecule has 7 nitrogen and oxygen atoms in total. The highest BCUT2D eigenvalue weighted by atomic mass is 16.6. The van der Waals surface area contributed by atoms with E-state index < -0.39 is 4.92 Å². The summed E-state index contributed by atoms with van der Waals surface area (Å²) in [6, 6.07) is 1.63. The van der Waals surface area contributed by atoms with Gasteiger partial charge in [0.15, 0.2) is 0 Å². The van der Waals surface area contributed by atoms with Crippen LogP contribution in [0.3, 0.4) is 0 Å². The van der Waals surface area contributed by atoms with E-state index in [1.807, 2.05) is 0 Å². The lowest BCUT2D eigenvalue weighted by molar-refractivity contribution is -0.385. The summed E-state index contributed by atoms with van der Waals surface area (Å²) in [6.07, 6.45) is 3.21. The second-order valence-corrected chi connectivity index (χ2v) is 4.61. The zero-order valence-corrected chi connectivity index (χ0v) is 10.7. The third-order valence-electron chi connectivity index (χ3n) is 2.96. The lowest BCUT2D eigenvalue weighted by atomic mass is 10.2. The monoisotopic (exact) mass is 264 g/mol. The largest absolute Gasteiger partial charge is 0.368 e. The molecule has 0 bridgehead atoms. The summed E-state index contributed by atoms with van der Waals surface area (Å²) in [5.41, 5.74) is 0.567. The Kier molecular flexibility index (Phi) is 3.94. The van der Waals surface area contributed by atoms with Gasteiger partial charge < -0.3 is 10.6 Å². The number of aryl methyl sites for hydroxylation is 1. The van der Waals surface area contributed by atoms with E-state index in [4.69, 9.17) is 0 Å². The number of nitro groups is 1. The van der Waals surface area contributed by atoms with Crippen molar-refractivity contribution in [3.8, 4) is 0 Å². The second-order valence-electron chi connectivity index (χ2n) is 4.61. The summed E-state index contributed by atoms with van der Waals surface area (Å²) in [6.45, 7) is 2.73. The summed E-state index contributed by atoms with van der Waals surface area (Å²) >= 11 is 0. The van der Waals surface area contributed by atoms with Gasteiger partial charge in [-0.1, -0.05) is 0 Å². The van der Waals surface area contributed by atoms with Crippen molar-refractivity contribution < 1.29 is 9.72 Å². The first-order valence-electron chi connectivity index (χ1n) is 6.20. The van der Waals surface area contributed by atoms with Crippen molar-refractivity contribution in [3.63, 3.8) is 0 Å². The molecule has 1 saturated carbocycles. The Morgan fingerprint density at radius 3 is 2.84 bits per heavy atom. The number of carbonyl (C=O) groups excluding carboxylic acids is 1. The molecule has 19 heavy (non-hydrogen) atoms. The van der Waals surface area contributed by atoms with E-state index in [-0.39, 0.29) is 17.5 Å². The maximum Gasteiger partial charge on any atom is 0.290 e. The highest BCUT2D eigenvalue weighted by Crippen LogP contribution is 2.28. The van der Waals surface area contributed by atoms with Gasteiger partial charge in [0.05, 0.1) is 4.92 Å². The molecule has 102 valence electrons. The first-order chi connectivity index (χ1) is 9.08. The molecule has 1 aromatic rings. The zero-order valence-electron chi connectivity index (χ0n) is 10.7. The molecule has 1 aromatic heterocycles. The van der Waals surface area contributed by atoms with Crippen molar-refractivity contribution >= 4 is 17.4 Å². The SMILES string of the molecule is Cc1cc(NCCNC(=O)C2CC2)ncc1[N+](=O)[O-]. The smallest absolute Gasteiger partial charge is 0.290 e. The van der Waals surface area contributed by atoms with Crippen molar-refractivity contribution in [2.24, 2.45) is 5.92 Å². The fourth-order valence-corrected chi connectivity index (χ4v) is 1.70. The molecule has 1 aliphatic rings. The van der Waals surface area contributed by atoms with Crippen LogP contribution in [-0.2, 0) is 4.79 Å². The third-order valence-corrected chi connectivity index (χ3v) is 2.96. The predicted octanol–water partition coefficient (Wildman–Crippen LogP) is 1.24. The highest BCUT2D eigenvalue weighted by molar-refractivity contribution is 5.80. The number of hydrogen-bond acceptors (Lipinski definition) is 5. The highest BCUT2D eigenvalue weighted by Gasteiger charge is 2.28. The number of rotatable bonds is 6. The maximum absolute atomic E-state index is 11.4. The molecule has 0 spiro atoms. The van der Waals surface area contributed by atoms with E-state index in [2.05, 4.69) is 15.6 Å². The maximum atomic E-state index is 11.4. The van der Waals surface area contributed by atoms with Gasteiger partial charge >= 0.3 is 0 Å². The van der Waals surface area contributed by atoms with Crippen LogP contribution in [0.15, 0.2) is 12.3 Å². The average Bonchev–Trinajstić information content (AvgIpc) is 3.18. The van der Waals surface area contributed by atoms with Crippen LogP contribution in [0.4, 0.5) is 11.5 Å². The average molecular weight is 264 g/mol.